The lowest BCUT2D eigenvalue weighted by Gasteiger charge is -2.31. The van der Waals surface area contributed by atoms with Gasteiger partial charge in [-0.05, 0) is 45.5 Å². The van der Waals surface area contributed by atoms with Gasteiger partial charge in [0.15, 0.2) is 7.28 Å². The van der Waals surface area contributed by atoms with E-state index in [-0.39, 0.29) is 5.31 Å². The van der Waals surface area contributed by atoms with Crippen molar-refractivity contribution < 1.29 is 0 Å². The van der Waals surface area contributed by atoms with Crippen LogP contribution in [0.4, 0.5) is 0 Å². The summed E-state index contributed by atoms with van der Waals surface area (Å²) in [7, 11) is 2.48. The Hall–Kier alpha value is -2.02. The Bertz CT molecular complexity index is 914. The molecule has 1 saturated carbocycles. The average Bonchev–Trinajstić information content (AvgIpc) is 3.47. The Labute approximate surface area is 165 Å². The monoisotopic (exact) mass is 353 g/mol. The second-order valence-corrected chi connectivity index (χ2v) is 8.48. The summed E-state index contributed by atoms with van der Waals surface area (Å²) in [6, 6.07) is 24.8. The van der Waals surface area contributed by atoms with Crippen LogP contribution < -0.4 is 5.46 Å². The molecule has 1 aliphatic carbocycles. The second-order valence-electron chi connectivity index (χ2n) is 8.48. The third-order valence-corrected chi connectivity index (χ3v) is 6.47. The van der Waals surface area contributed by atoms with Crippen molar-refractivity contribution in [2.75, 3.05) is 0 Å². The van der Waals surface area contributed by atoms with Gasteiger partial charge in [-0.3, -0.25) is 0 Å². The molecule has 0 aliphatic heterocycles. The molecule has 4 rings (SSSR count). The van der Waals surface area contributed by atoms with Gasteiger partial charge in [0.05, 0.1) is 0 Å². The van der Waals surface area contributed by atoms with Crippen molar-refractivity contribution in [2.45, 2.75) is 57.7 Å². The zero-order valence-electron chi connectivity index (χ0n) is 16.9. The number of fused-ring (bicyclic) bond motifs is 1. The van der Waals surface area contributed by atoms with Crippen LogP contribution in [0.3, 0.4) is 0 Å². The Morgan fingerprint density at radius 3 is 2.26 bits per heavy atom. The second kappa shape index (κ2) is 7.54. The van der Waals surface area contributed by atoms with Crippen molar-refractivity contribution in [1.29, 1.82) is 0 Å². The van der Waals surface area contributed by atoms with Crippen LogP contribution in [-0.2, 0) is 5.31 Å². The zero-order valence-corrected chi connectivity index (χ0v) is 16.9. The SMILES string of the molecule is CCCC(C)([B]c1ccccc1)c1ccc(C2CC2CC)c2ccccc12. The predicted molar refractivity (Wildman–Crippen MR) is 119 cm³/mol. The summed E-state index contributed by atoms with van der Waals surface area (Å²) in [4.78, 5) is 0. The summed E-state index contributed by atoms with van der Waals surface area (Å²) in [5.41, 5.74) is 4.36. The van der Waals surface area contributed by atoms with E-state index in [2.05, 4.69) is 94.8 Å². The van der Waals surface area contributed by atoms with E-state index >= 15 is 0 Å². The standard InChI is InChI=1S/C26H30B/c1-4-17-26(3,27-20-11-7-6-8-12-20)25-16-15-22(24-18-19(24)5-2)21-13-9-10-14-23(21)25/h6-16,19,24H,4-5,17-18H2,1-3H3. The van der Waals surface area contributed by atoms with Gasteiger partial charge in [-0.15, -0.1) is 0 Å². The minimum Gasteiger partial charge on any atom is -0.0867 e. The van der Waals surface area contributed by atoms with Crippen LogP contribution in [0.25, 0.3) is 10.8 Å². The summed E-state index contributed by atoms with van der Waals surface area (Å²) in [5, 5.41) is 2.96. The first-order valence-electron chi connectivity index (χ1n) is 10.6. The number of rotatable bonds is 7. The molecule has 0 spiro atoms. The molecule has 3 atom stereocenters. The molecule has 0 aromatic heterocycles. The Balaban J connectivity index is 1.80. The molecule has 1 heteroatoms. The summed E-state index contributed by atoms with van der Waals surface area (Å²) < 4.78 is 0. The van der Waals surface area contributed by atoms with Crippen molar-refractivity contribution in [3.8, 4) is 0 Å². The lowest BCUT2D eigenvalue weighted by molar-refractivity contribution is 0.594. The smallest absolute Gasteiger partial charge is 0.0867 e. The molecule has 0 saturated heterocycles. The van der Waals surface area contributed by atoms with E-state index in [9.17, 15) is 0 Å². The molecule has 3 aromatic carbocycles. The maximum Gasteiger partial charge on any atom is 0.164 e. The van der Waals surface area contributed by atoms with Gasteiger partial charge in [0.25, 0.3) is 0 Å². The minimum absolute atomic E-state index is 0.0436. The Morgan fingerprint density at radius 1 is 0.889 bits per heavy atom. The van der Waals surface area contributed by atoms with Gasteiger partial charge in [0.1, 0.15) is 0 Å². The van der Waals surface area contributed by atoms with Crippen molar-refractivity contribution in [3.63, 3.8) is 0 Å². The predicted octanol–water partition coefficient (Wildman–Crippen LogP) is 6.40. The molecule has 3 aromatic rings. The van der Waals surface area contributed by atoms with E-state index in [1.165, 1.54) is 41.1 Å². The molecule has 0 N–H and O–H groups in total. The lowest BCUT2D eigenvalue weighted by Crippen LogP contribution is -2.37. The van der Waals surface area contributed by atoms with E-state index in [1.807, 2.05) is 0 Å². The highest BCUT2D eigenvalue weighted by atomic mass is 14.4. The van der Waals surface area contributed by atoms with Gasteiger partial charge in [-0.25, -0.2) is 0 Å². The van der Waals surface area contributed by atoms with Crippen molar-refractivity contribution in [2.24, 2.45) is 5.92 Å². The van der Waals surface area contributed by atoms with Crippen LogP contribution in [-0.4, -0.2) is 7.28 Å². The van der Waals surface area contributed by atoms with Crippen LogP contribution >= 0.6 is 0 Å². The van der Waals surface area contributed by atoms with Crippen LogP contribution in [0, 0.1) is 5.92 Å². The Kier molecular flexibility index (Phi) is 5.13. The molecule has 1 fully saturated rings. The van der Waals surface area contributed by atoms with E-state index in [1.54, 1.807) is 5.56 Å². The van der Waals surface area contributed by atoms with Crippen molar-refractivity contribution in [3.05, 3.63) is 77.9 Å². The van der Waals surface area contributed by atoms with Gasteiger partial charge in [0.2, 0.25) is 0 Å². The fourth-order valence-corrected chi connectivity index (χ4v) is 4.94. The number of hydrogen-bond acceptors (Lipinski definition) is 0. The first-order chi connectivity index (χ1) is 13.2. The molecule has 0 nitrogen and oxygen atoms in total. The summed E-state index contributed by atoms with van der Waals surface area (Å²) in [5.74, 6) is 1.65. The quantitative estimate of drug-likeness (QED) is 0.431. The highest BCUT2D eigenvalue weighted by molar-refractivity contribution is 6.57. The lowest BCUT2D eigenvalue weighted by atomic mass is 9.45. The van der Waals surface area contributed by atoms with Gasteiger partial charge in [-0.1, -0.05) is 112 Å². The normalized spacial score (nSPS) is 21.0. The summed E-state index contributed by atoms with van der Waals surface area (Å²) >= 11 is 0. The molecular weight excluding hydrogens is 323 g/mol. The summed E-state index contributed by atoms with van der Waals surface area (Å²) in [6.45, 7) is 7.04. The summed E-state index contributed by atoms with van der Waals surface area (Å²) in [6.07, 6.45) is 5.00. The van der Waals surface area contributed by atoms with Gasteiger partial charge in [-0.2, -0.15) is 0 Å². The van der Waals surface area contributed by atoms with Crippen LogP contribution in [0.5, 0.6) is 0 Å². The fourth-order valence-electron chi connectivity index (χ4n) is 4.94. The molecule has 0 amide bonds. The third kappa shape index (κ3) is 3.57. The van der Waals surface area contributed by atoms with Crippen molar-refractivity contribution in [1.82, 2.24) is 0 Å². The molecule has 0 heterocycles. The van der Waals surface area contributed by atoms with E-state index in [0.29, 0.717) is 0 Å². The van der Waals surface area contributed by atoms with Crippen LogP contribution in [0.2, 0.25) is 0 Å². The Morgan fingerprint density at radius 2 is 1.59 bits per heavy atom. The maximum atomic E-state index is 2.48. The van der Waals surface area contributed by atoms with E-state index < -0.39 is 0 Å². The first kappa shape index (κ1) is 18.4. The highest BCUT2D eigenvalue weighted by Gasteiger charge is 2.38. The largest absolute Gasteiger partial charge is 0.164 e. The van der Waals surface area contributed by atoms with Gasteiger partial charge < -0.3 is 0 Å². The minimum atomic E-state index is 0.0436. The number of hydrogen-bond donors (Lipinski definition) is 0. The van der Waals surface area contributed by atoms with Gasteiger partial charge >= 0.3 is 0 Å². The van der Waals surface area contributed by atoms with Crippen molar-refractivity contribution >= 4 is 23.5 Å². The molecular formula is C26H30B. The van der Waals surface area contributed by atoms with E-state index in [4.69, 9.17) is 0 Å². The zero-order chi connectivity index (χ0) is 18.9. The maximum absolute atomic E-state index is 2.48. The fraction of sp³-hybridized carbons (Fsp3) is 0.385. The average molecular weight is 353 g/mol. The number of benzene rings is 3. The topological polar surface area (TPSA) is 0 Å². The molecule has 137 valence electrons. The highest BCUT2D eigenvalue weighted by Crippen LogP contribution is 2.52. The molecule has 0 bridgehead atoms. The first-order valence-corrected chi connectivity index (χ1v) is 10.6. The molecule has 3 unspecified atom stereocenters. The third-order valence-electron chi connectivity index (χ3n) is 6.47. The van der Waals surface area contributed by atoms with Crippen LogP contribution in [0.15, 0.2) is 66.7 Å². The van der Waals surface area contributed by atoms with E-state index in [0.717, 1.165) is 18.3 Å². The molecule has 1 radical (unpaired) electrons. The molecule has 1 aliphatic rings. The van der Waals surface area contributed by atoms with Gasteiger partial charge in [0, 0.05) is 0 Å². The molecule has 27 heavy (non-hydrogen) atoms. The van der Waals surface area contributed by atoms with Crippen LogP contribution in [0.1, 0.15) is 63.5 Å².